The largest absolute Gasteiger partial charge is 0.304 e. The summed E-state index contributed by atoms with van der Waals surface area (Å²) >= 11 is 4.20. The van der Waals surface area contributed by atoms with Crippen molar-refractivity contribution in [1.29, 1.82) is 0 Å². The lowest BCUT2D eigenvalue weighted by Gasteiger charge is -2.18. The van der Waals surface area contributed by atoms with Gasteiger partial charge in [-0.1, -0.05) is 30.8 Å². The molecule has 0 N–H and O–H groups in total. The van der Waals surface area contributed by atoms with Gasteiger partial charge in [-0.3, -0.25) is 4.79 Å². The zero-order valence-corrected chi connectivity index (χ0v) is 10.8. The third-order valence-electron chi connectivity index (χ3n) is 3.25. The van der Waals surface area contributed by atoms with Gasteiger partial charge in [0.2, 0.25) is 0 Å². The molecule has 1 aliphatic heterocycles. The van der Waals surface area contributed by atoms with Crippen molar-refractivity contribution in [2.45, 2.75) is 0 Å². The van der Waals surface area contributed by atoms with E-state index in [9.17, 15) is 4.79 Å². The summed E-state index contributed by atoms with van der Waals surface area (Å²) in [6, 6.07) is 11.9. The minimum absolute atomic E-state index is 0.0599. The van der Waals surface area contributed by atoms with E-state index in [-0.39, 0.29) is 5.91 Å². The van der Waals surface area contributed by atoms with Crippen LogP contribution in [0.2, 0.25) is 0 Å². The maximum Gasteiger partial charge on any atom is 0.259 e. The van der Waals surface area contributed by atoms with Crippen LogP contribution in [-0.4, -0.2) is 18.2 Å². The molecule has 0 fully saturated rings. The summed E-state index contributed by atoms with van der Waals surface area (Å²) in [7, 11) is 0. The van der Waals surface area contributed by atoms with Crippen LogP contribution >= 0.6 is 12.6 Å². The SMILES string of the molecule is C=C(CS)CN1C(=O)c2cccc3cccc1c23. The fourth-order valence-corrected chi connectivity index (χ4v) is 2.51. The molecule has 0 atom stereocenters. The van der Waals surface area contributed by atoms with Gasteiger partial charge in [0, 0.05) is 23.2 Å². The Morgan fingerprint density at radius 1 is 1.22 bits per heavy atom. The van der Waals surface area contributed by atoms with Gasteiger partial charge in [0.1, 0.15) is 0 Å². The molecule has 0 spiro atoms. The fraction of sp³-hybridized carbons (Fsp3) is 0.133. The molecule has 3 heteroatoms. The summed E-state index contributed by atoms with van der Waals surface area (Å²) in [5.41, 5.74) is 2.71. The molecule has 2 nitrogen and oxygen atoms in total. The Morgan fingerprint density at radius 2 is 1.94 bits per heavy atom. The van der Waals surface area contributed by atoms with E-state index in [1.165, 1.54) is 0 Å². The Bertz CT molecular complexity index is 657. The molecule has 0 aliphatic carbocycles. The number of rotatable bonds is 3. The third-order valence-corrected chi connectivity index (χ3v) is 3.70. The first-order valence-electron chi connectivity index (χ1n) is 5.83. The van der Waals surface area contributed by atoms with E-state index in [1.54, 1.807) is 4.90 Å². The van der Waals surface area contributed by atoms with Gasteiger partial charge in [0.05, 0.1) is 5.69 Å². The number of carbonyl (C=O) groups excluding carboxylic acids is 1. The highest BCUT2D eigenvalue weighted by Crippen LogP contribution is 2.37. The van der Waals surface area contributed by atoms with Crippen molar-refractivity contribution in [1.82, 2.24) is 0 Å². The van der Waals surface area contributed by atoms with E-state index in [0.717, 1.165) is 27.6 Å². The number of anilines is 1. The molecule has 1 amide bonds. The van der Waals surface area contributed by atoms with Crippen molar-refractivity contribution in [3.8, 4) is 0 Å². The number of hydrogen-bond donors (Lipinski definition) is 1. The minimum Gasteiger partial charge on any atom is -0.304 e. The minimum atomic E-state index is 0.0599. The highest BCUT2D eigenvalue weighted by Gasteiger charge is 2.29. The van der Waals surface area contributed by atoms with E-state index in [2.05, 4.69) is 19.2 Å². The van der Waals surface area contributed by atoms with Crippen LogP contribution in [0.1, 0.15) is 10.4 Å². The lowest BCUT2D eigenvalue weighted by Crippen LogP contribution is -2.29. The predicted octanol–water partition coefficient (Wildman–Crippen LogP) is 3.29. The second kappa shape index (κ2) is 4.18. The first kappa shape index (κ1) is 11.4. The van der Waals surface area contributed by atoms with Gasteiger partial charge < -0.3 is 4.90 Å². The zero-order chi connectivity index (χ0) is 12.7. The molecule has 1 heterocycles. The van der Waals surface area contributed by atoms with Gasteiger partial charge in [-0.05, 0) is 23.1 Å². The van der Waals surface area contributed by atoms with E-state index < -0.39 is 0 Å². The third kappa shape index (κ3) is 1.55. The Kier molecular flexibility index (Phi) is 2.63. The van der Waals surface area contributed by atoms with Crippen LogP contribution in [-0.2, 0) is 0 Å². The predicted molar refractivity (Wildman–Crippen MR) is 78.6 cm³/mol. The molecule has 2 aromatic carbocycles. The van der Waals surface area contributed by atoms with E-state index in [1.807, 2.05) is 36.4 Å². The molecule has 0 unspecified atom stereocenters. The maximum absolute atomic E-state index is 12.4. The van der Waals surface area contributed by atoms with Crippen molar-refractivity contribution < 1.29 is 4.79 Å². The molecule has 0 radical (unpaired) electrons. The second-order valence-corrected chi connectivity index (χ2v) is 4.80. The highest BCUT2D eigenvalue weighted by molar-refractivity contribution is 7.80. The quantitative estimate of drug-likeness (QED) is 0.659. The van der Waals surface area contributed by atoms with Gasteiger partial charge in [-0.25, -0.2) is 0 Å². The van der Waals surface area contributed by atoms with Crippen LogP contribution in [0.25, 0.3) is 10.8 Å². The molecule has 3 rings (SSSR count). The summed E-state index contributed by atoms with van der Waals surface area (Å²) in [5, 5.41) is 2.16. The summed E-state index contributed by atoms with van der Waals surface area (Å²) in [6.45, 7) is 4.47. The number of carbonyl (C=O) groups is 1. The van der Waals surface area contributed by atoms with Crippen molar-refractivity contribution in [3.63, 3.8) is 0 Å². The summed E-state index contributed by atoms with van der Waals surface area (Å²) in [5.74, 6) is 0.653. The summed E-state index contributed by atoms with van der Waals surface area (Å²) in [4.78, 5) is 14.2. The lowest BCUT2D eigenvalue weighted by molar-refractivity contribution is 0.0995. The Labute approximate surface area is 111 Å². The van der Waals surface area contributed by atoms with Crippen LogP contribution in [0.3, 0.4) is 0 Å². The summed E-state index contributed by atoms with van der Waals surface area (Å²) < 4.78 is 0. The van der Waals surface area contributed by atoms with Crippen molar-refractivity contribution in [2.24, 2.45) is 0 Å². The Balaban J connectivity index is 2.16. The number of amides is 1. The maximum atomic E-state index is 12.4. The van der Waals surface area contributed by atoms with Gasteiger partial charge in [-0.2, -0.15) is 12.6 Å². The monoisotopic (exact) mass is 255 g/mol. The molecule has 0 aromatic heterocycles. The fourth-order valence-electron chi connectivity index (χ4n) is 2.41. The average molecular weight is 255 g/mol. The Morgan fingerprint density at radius 3 is 2.67 bits per heavy atom. The molecule has 18 heavy (non-hydrogen) atoms. The summed E-state index contributed by atoms with van der Waals surface area (Å²) in [6.07, 6.45) is 0. The van der Waals surface area contributed by atoms with Crippen molar-refractivity contribution in [3.05, 3.63) is 54.1 Å². The number of hydrogen-bond acceptors (Lipinski definition) is 2. The normalized spacial score (nSPS) is 13.4. The van der Waals surface area contributed by atoms with Gasteiger partial charge >= 0.3 is 0 Å². The van der Waals surface area contributed by atoms with Gasteiger partial charge in [-0.15, -0.1) is 0 Å². The smallest absolute Gasteiger partial charge is 0.259 e. The molecule has 1 aliphatic rings. The van der Waals surface area contributed by atoms with E-state index in [0.29, 0.717) is 12.3 Å². The zero-order valence-electron chi connectivity index (χ0n) is 9.89. The first-order chi connectivity index (χ1) is 8.72. The second-order valence-electron chi connectivity index (χ2n) is 4.48. The standard InChI is InChI=1S/C15H13NOS/c1-10(9-18)8-16-13-7-3-5-11-4-2-6-12(14(11)13)15(16)17/h2-7,18H,1,8-9H2. The van der Waals surface area contributed by atoms with Crippen LogP contribution in [0, 0.1) is 0 Å². The van der Waals surface area contributed by atoms with Crippen molar-refractivity contribution in [2.75, 3.05) is 17.2 Å². The number of nitrogens with zero attached hydrogens (tertiary/aromatic N) is 1. The molecule has 90 valence electrons. The van der Waals surface area contributed by atoms with Crippen LogP contribution in [0.5, 0.6) is 0 Å². The number of thiol groups is 1. The van der Waals surface area contributed by atoms with Crippen LogP contribution in [0.15, 0.2) is 48.6 Å². The van der Waals surface area contributed by atoms with E-state index in [4.69, 9.17) is 0 Å². The van der Waals surface area contributed by atoms with Crippen LogP contribution in [0.4, 0.5) is 5.69 Å². The van der Waals surface area contributed by atoms with Crippen LogP contribution < -0.4 is 4.90 Å². The molecule has 0 saturated heterocycles. The average Bonchev–Trinajstić information content (AvgIpc) is 2.67. The first-order valence-corrected chi connectivity index (χ1v) is 6.46. The van der Waals surface area contributed by atoms with E-state index >= 15 is 0 Å². The highest BCUT2D eigenvalue weighted by atomic mass is 32.1. The lowest BCUT2D eigenvalue weighted by atomic mass is 10.1. The molecule has 0 bridgehead atoms. The topological polar surface area (TPSA) is 20.3 Å². The Hall–Kier alpha value is -1.74. The van der Waals surface area contributed by atoms with Gasteiger partial charge in [0.25, 0.3) is 5.91 Å². The molecular formula is C15H13NOS. The molecule has 2 aromatic rings. The molecular weight excluding hydrogens is 242 g/mol. The molecule has 0 saturated carbocycles. The number of benzene rings is 2. The van der Waals surface area contributed by atoms with Crippen molar-refractivity contribution >= 4 is 35.0 Å². The van der Waals surface area contributed by atoms with Gasteiger partial charge in [0.15, 0.2) is 0 Å².